The van der Waals surface area contributed by atoms with Gasteiger partial charge in [0.05, 0.1) is 12.3 Å². The number of methoxy groups -OCH3 is 1. The minimum absolute atomic E-state index is 0.177. The smallest absolute Gasteiger partial charge is 0.251 e. The van der Waals surface area contributed by atoms with Crippen molar-refractivity contribution in [2.24, 2.45) is 5.92 Å². The van der Waals surface area contributed by atoms with Crippen molar-refractivity contribution in [2.75, 3.05) is 24.8 Å². The van der Waals surface area contributed by atoms with Crippen LogP contribution in [-0.4, -0.2) is 44.4 Å². The van der Waals surface area contributed by atoms with Gasteiger partial charge in [-0.3, -0.25) is 19.2 Å². The molecule has 1 aromatic heterocycles. The SMILES string of the molecule is COCC(C)(C)c1cc(NC(=O)C(C)(C)S(O)(O)CCC(C)C)on1. The molecule has 0 fully saturated rings. The van der Waals surface area contributed by atoms with E-state index in [4.69, 9.17) is 9.26 Å². The first-order chi connectivity index (χ1) is 11.3. The molecule has 0 aromatic carbocycles. The third-order valence-corrected chi connectivity index (χ3v) is 6.91. The highest BCUT2D eigenvalue weighted by Gasteiger charge is 2.41. The molecule has 0 aliphatic rings. The summed E-state index contributed by atoms with van der Waals surface area (Å²) in [6.45, 7) is 11.4. The highest BCUT2D eigenvalue weighted by Crippen LogP contribution is 2.53. The fourth-order valence-electron chi connectivity index (χ4n) is 2.15. The zero-order valence-corrected chi connectivity index (χ0v) is 17.1. The molecule has 3 N–H and O–H groups in total. The van der Waals surface area contributed by atoms with E-state index in [1.165, 1.54) is 13.8 Å². The third-order valence-electron chi connectivity index (χ3n) is 4.29. The number of nitrogens with zero attached hydrogens (tertiary/aromatic N) is 1. The van der Waals surface area contributed by atoms with Crippen molar-refractivity contribution in [3.8, 4) is 0 Å². The summed E-state index contributed by atoms with van der Waals surface area (Å²) in [5.41, 5.74) is 0.283. The maximum absolute atomic E-state index is 12.6. The minimum atomic E-state index is -3.10. The molecule has 25 heavy (non-hydrogen) atoms. The lowest BCUT2D eigenvalue weighted by Gasteiger charge is -2.45. The van der Waals surface area contributed by atoms with Crippen LogP contribution >= 0.6 is 10.6 Å². The quantitative estimate of drug-likeness (QED) is 0.599. The van der Waals surface area contributed by atoms with Crippen LogP contribution in [0.4, 0.5) is 5.88 Å². The Balaban J connectivity index is 2.86. The molecule has 0 saturated heterocycles. The van der Waals surface area contributed by atoms with Gasteiger partial charge in [-0.15, -0.1) is 0 Å². The number of amides is 1. The number of anilines is 1. The maximum Gasteiger partial charge on any atom is 0.251 e. The second kappa shape index (κ2) is 8.07. The zero-order valence-electron chi connectivity index (χ0n) is 16.3. The Morgan fingerprint density at radius 2 is 1.96 bits per heavy atom. The van der Waals surface area contributed by atoms with Crippen molar-refractivity contribution in [2.45, 2.75) is 58.1 Å². The Morgan fingerprint density at radius 1 is 1.36 bits per heavy atom. The molecule has 0 spiro atoms. The van der Waals surface area contributed by atoms with Crippen LogP contribution in [0, 0.1) is 5.92 Å². The molecule has 0 aliphatic carbocycles. The number of rotatable bonds is 9. The molecule has 0 bridgehead atoms. The van der Waals surface area contributed by atoms with Gasteiger partial charge in [-0.25, -0.2) is 0 Å². The Hall–Kier alpha value is -1.09. The van der Waals surface area contributed by atoms with Crippen LogP contribution in [0.25, 0.3) is 0 Å². The topological polar surface area (TPSA) is 105 Å². The van der Waals surface area contributed by atoms with Crippen LogP contribution in [0.1, 0.15) is 53.7 Å². The molecular formula is C17H32N2O5S. The van der Waals surface area contributed by atoms with Gasteiger partial charge in [0.1, 0.15) is 4.75 Å². The maximum atomic E-state index is 12.6. The second-order valence-electron chi connectivity index (χ2n) is 7.91. The monoisotopic (exact) mass is 376 g/mol. The van der Waals surface area contributed by atoms with Gasteiger partial charge >= 0.3 is 0 Å². The predicted molar refractivity (Wildman–Crippen MR) is 101 cm³/mol. The van der Waals surface area contributed by atoms with Crippen molar-refractivity contribution in [3.63, 3.8) is 0 Å². The van der Waals surface area contributed by atoms with E-state index < -0.39 is 21.2 Å². The predicted octanol–water partition coefficient (Wildman–Crippen LogP) is 4.11. The highest BCUT2D eigenvalue weighted by atomic mass is 32.3. The van der Waals surface area contributed by atoms with E-state index in [0.717, 1.165) is 0 Å². The molecule has 0 aliphatic heterocycles. The van der Waals surface area contributed by atoms with Gasteiger partial charge in [0.2, 0.25) is 5.88 Å². The summed E-state index contributed by atoms with van der Waals surface area (Å²) in [6, 6.07) is 1.63. The molecule has 0 atom stereocenters. The number of nitrogens with one attached hydrogen (secondary N) is 1. The van der Waals surface area contributed by atoms with Gasteiger partial charge < -0.3 is 9.26 Å². The van der Waals surface area contributed by atoms with E-state index in [1.807, 2.05) is 27.7 Å². The summed E-state index contributed by atoms with van der Waals surface area (Å²) in [5, 5.41) is 6.58. The lowest BCUT2D eigenvalue weighted by atomic mass is 9.90. The first-order valence-electron chi connectivity index (χ1n) is 8.36. The average molecular weight is 377 g/mol. The number of carbonyl (C=O) groups is 1. The molecule has 0 unspecified atom stereocenters. The van der Waals surface area contributed by atoms with Crippen LogP contribution in [0.3, 0.4) is 0 Å². The van der Waals surface area contributed by atoms with Crippen molar-refractivity contribution >= 4 is 22.4 Å². The van der Waals surface area contributed by atoms with E-state index >= 15 is 0 Å². The molecule has 0 radical (unpaired) electrons. The van der Waals surface area contributed by atoms with Gasteiger partial charge in [-0.1, -0.05) is 32.9 Å². The summed E-state index contributed by atoms with van der Waals surface area (Å²) in [4.78, 5) is 12.6. The summed E-state index contributed by atoms with van der Waals surface area (Å²) < 4.78 is 29.9. The Morgan fingerprint density at radius 3 is 2.48 bits per heavy atom. The Bertz CT molecular complexity index is 581. The van der Waals surface area contributed by atoms with Gasteiger partial charge in [0.25, 0.3) is 5.91 Å². The standard InChI is InChI=1S/C17H32N2O5S/c1-12(2)8-9-25(21,22)17(5,6)15(20)18-14-10-13(19-24-14)16(3,4)11-23-7/h10,12,21-22H,8-9,11H2,1-7H3,(H,18,20). The minimum Gasteiger partial charge on any atom is -0.384 e. The van der Waals surface area contributed by atoms with E-state index in [1.54, 1.807) is 13.2 Å². The van der Waals surface area contributed by atoms with Crippen molar-refractivity contribution in [3.05, 3.63) is 11.8 Å². The third kappa shape index (κ3) is 5.44. The van der Waals surface area contributed by atoms with Crippen LogP contribution in [-0.2, 0) is 14.9 Å². The van der Waals surface area contributed by atoms with Crippen LogP contribution in [0.5, 0.6) is 0 Å². The molecule has 146 valence electrons. The van der Waals surface area contributed by atoms with Crippen molar-refractivity contribution in [1.82, 2.24) is 5.16 Å². The van der Waals surface area contributed by atoms with E-state index in [2.05, 4.69) is 10.5 Å². The largest absolute Gasteiger partial charge is 0.384 e. The van der Waals surface area contributed by atoms with Gasteiger partial charge in [0, 0.05) is 24.3 Å². The second-order valence-corrected chi connectivity index (χ2v) is 10.7. The molecule has 7 nitrogen and oxygen atoms in total. The first kappa shape index (κ1) is 22.0. The van der Waals surface area contributed by atoms with Crippen molar-refractivity contribution in [1.29, 1.82) is 0 Å². The van der Waals surface area contributed by atoms with E-state index in [0.29, 0.717) is 24.6 Å². The lowest BCUT2D eigenvalue weighted by molar-refractivity contribution is -0.118. The number of carbonyl (C=O) groups excluding carboxylic acids is 1. The molecule has 1 amide bonds. The lowest BCUT2D eigenvalue weighted by Crippen LogP contribution is -2.42. The summed E-state index contributed by atoms with van der Waals surface area (Å²) in [6.07, 6.45) is 0.636. The first-order valence-corrected chi connectivity index (χ1v) is 10.1. The normalized spacial score (nSPS) is 14.0. The van der Waals surface area contributed by atoms with Gasteiger partial charge in [0.15, 0.2) is 0 Å². The zero-order chi connectivity index (χ0) is 19.5. The van der Waals surface area contributed by atoms with Crippen LogP contribution in [0.15, 0.2) is 10.6 Å². The molecule has 0 saturated carbocycles. The summed E-state index contributed by atoms with van der Waals surface area (Å²) >= 11 is 0. The number of hydrogen-bond donors (Lipinski definition) is 3. The average Bonchev–Trinajstić information content (AvgIpc) is 2.94. The van der Waals surface area contributed by atoms with Crippen LogP contribution < -0.4 is 5.32 Å². The molecular weight excluding hydrogens is 344 g/mol. The van der Waals surface area contributed by atoms with Gasteiger partial charge in [-0.2, -0.15) is 10.6 Å². The summed E-state index contributed by atoms with van der Waals surface area (Å²) in [5.74, 6) is 0.179. The van der Waals surface area contributed by atoms with Crippen LogP contribution in [0.2, 0.25) is 0 Å². The van der Waals surface area contributed by atoms with Gasteiger partial charge in [-0.05, 0) is 26.2 Å². The Kier molecular flexibility index (Phi) is 7.09. The molecule has 1 rings (SSSR count). The number of hydrogen-bond acceptors (Lipinski definition) is 6. The van der Waals surface area contributed by atoms with E-state index in [9.17, 15) is 13.9 Å². The fraction of sp³-hybridized carbons (Fsp3) is 0.765. The Labute approximate surface area is 151 Å². The van der Waals surface area contributed by atoms with Crippen molar-refractivity contribution < 1.29 is 23.2 Å². The highest BCUT2D eigenvalue weighted by molar-refractivity contribution is 8.26. The molecule has 1 aromatic rings. The van der Waals surface area contributed by atoms with E-state index in [-0.39, 0.29) is 17.1 Å². The number of aromatic nitrogens is 1. The summed E-state index contributed by atoms with van der Waals surface area (Å²) in [7, 11) is -1.49. The fourth-order valence-corrected chi connectivity index (χ4v) is 3.81. The number of ether oxygens (including phenoxy) is 1. The molecule has 1 heterocycles. The molecule has 8 heteroatoms.